The Balaban J connectivity index is 3.31. The average molecular weight is 269 g/mol. The molecule has 19 heavy (non-hydrogen) atoms. The number of rotatable bonds is 5. The molecule has 8 heteroatoms. The Morgan fingerprint density at radius 3 is 2.63 bits per heavy atom. The van der Waals surface area contributed by atoms with Crippen molar-refractivity contribution in [1.82, 2.24) is 9.88 Å². The van der Waals surface area contributed by atoms with Gasteiger partial charge in [0.2, 0.25) is 11.7 Å². The summed E-state index contributed by atoms with van der Waals surface area (Å²) in [5.41, 5.74) is -1.17. The monoisotopic (exact) mass is 269 g/mol. The van der Waals surface area contributed by atoms with E-state index in [0.717, 1.165) is 12.3 Å². The fourth-order valence-corrected chi connectivity index (χ4v) is 1.26. The summed E-state index contributed by atoms with van der Waals surface area (Å²) in [6.07, 6.45) is 0.910. The lowest BCUT2D eigenvalue weighted by Crippen LogP contribution is -2.11. The molecule has 1 rings (SSSR count). The summed E-state index contributed by atoms with van der Waals surface area (Å²) in [4.78, 5) is 26.7. The predicted molar refractivity (Wildman–Crippen MR) is 64.7 cm³/mol. The van der Waals surface area contributed by atoms with Crippen LogP contribution < -0.4 is 4.74 Å². The van der Waals surface area contributed by atoms with Crippen LogP contribution in [0.3, 0.4) is 0 Å². The number of halogens is 1. The zero-order valence-corrected chi connectivity index (χ0v) is 10.6. The number of ketones is 1. The van der Waals surface area contributed by atoms with E-state index in [2.05, 4.69) is 4.98 Å². The van der Waals surface area contributed by atoms with E-state index in [1.807, 2.05) is 0 Å². The molecule has 0 aliphatic carbocycles. The minimum atomic E-state index is -1.17. The van der Waals surface area contributed by atoms with Crippen LogP contribution in [0.1, 0.15) is 10.5 Å². The van der Waals surface area contributed by atoms with Gasteiger partial charge in [-0.1, -0.05) is 0 Å². The van der Waals surface area contributed by atoms with Gasteiger partial charge in [-0.05, 0) is 0 Å². The summed E-state index contributed by atoms with van der Waals surface area (Å²) in [5.74, 6) is -2.32. The minimum absolute atomic E-state index is 0.00777. The van der Waals surface area contributed by atoms with E-state index >= 15 is 0 Å². The number of pyridine rings is 1. The lowest BCUT2D eigenvalue weighted by molar-refractivity contribution is -0.385. The zero-order valence-electron chi connectivity index (χ0n) is 10.6. The highest BCUT2D eigenvalue weighted by molar-refractivity contribution is 6.08. The smallest absolute Gasteiger partial charge is 0.299 e. The number of nitro groups is 1. The van der Waals surface area contributed by atoms with Gasteiger partial charge in [-0.15, -0.1) is 0 Å². The van der Waals surface area contributed by atoms with Crippen LogP contribution in [0.15, 0.2) is 24.2 Å². The Bertz CT molecular complexity index is 543. The molecule has 0 amide bonds. The van der Waals surface area contributed by atoms with Crippen molar-refractivity contribution in [2.24, 2.45) is 0 Å². The van der Waals surface area contributed by atoms with Gasteiger partial charge in [0.1, 0.15) is 0 Å². The third-order valence-corrected chi connectivity index (χ3v) is 2.06. The Morgan fingerprint density at radius 2 is 2.16 bits per heavy atom. The van der Waals surface area contributed by atoms with E-state index in [0.29, 0.717) is 0 Å². The van der Waals surface area contributed by atoms with Crippen molar-refractivity contribution in [2.45, 2.75) is 0 Å². The first-order chi connectivity index (χ1) is 8.86. The molecule has 0 atom stereocenters. The molecule has 0 unspecified atom stereocenters. The van der Waals surface area contributed by atoms with Crippen LogP contribution in [0.5, 0.6) is 5.88 Å². The topological polar surface area (TPSA) is 85.6 Å². The first-order valence-electron chi connectivity index (χ1n) is 5.14. The third kappa shape index (κ3) is 3.47. The van der Waals surface area contributed by atoms with E-state index in [-0.39, 0.29) is 5.88 Å². The Hall–Kier alpha value is -2.51. The van der Waals surface area contributed by atoms with Crippen molar-refractivity contribution in [3.05, 3.63) is 40.0 Å². The van der Waals surface area contributed by atoms with Gasteiger partial charge in [-0.2, -0.15) is 0 Å². The average Bonchev–Trinajstić information content (AvgIpc) is 2.36. The second-order valence-corrected chi connectivity index (χ2v) is 3.75. The van der Waals surface area contributed by atoms with E-state index in [9.17, 15) is 19.3 Å². The number of ether oxygens (including phenoxy) is 1. The highest BCUT2D eigenvalue weighted by Gasteiger charge is 2.26. The van der Waals surface area contributed by atoms with Crippen LogP contribution in [-0.4, -0.2) is 41.8 Å². The van der Waals surface area contributed by atoms with Gasteiger partial charge in [0.05, 0.1) is 12.0 Å². The van der Waals surface area contributed by atoms with Gasteiger partial charge in [-0.25, -0.2) is 9.37 Å². The predicted octanol–water partition coefficient (Wildman–Crippen LogP) is 1.55. The Morgan fingerprint density at radius 1 is 1.53 bits per heavy atom. The Labute approximate surface area is 108 Å². The highest BCUT2D eigenvalue weighted by Crippen LogP contribution is 2.23. The molecule has 1 heterocycles. The van der Waals surface area contributed by atoms with E-state index in [1.165, 1.54) is 32.2 Å². The largest absolute Gasteiger partial charge is 0.481 e. The Kier molecular flexibility index (Phi) is 4.51. The van der Waals surface area contributed by atoms with Crippen LogP contribution in [0, 0.1) is 10.1 Å². The fourth-order valence-electron chi connectivity index (χ4n) is 1.26. The molecule has 0 bridgehead atoms. The van der Waals surface area contributed by atoms with Crippen molar-refractivity contribution < 1.29 is 18.8 Å². The van der Waals surface area contributed by atoms with E-state index < -0.39 is 27.9 Å². The molecule has 0 aliphatic heterocycles. The van der Waals surface area contributed by atoms with Gasteiger partial charge < -0.3 is 9.64 Å². The van der Waals surface area contributed by atoms with Crippen molar-refractivity contribution in [3.8, 4) is 5.88 Å². The summed E-state index contributed by atoms with van der Waals surface area (Å²) in [6.45, 7) is 0. The number of nitrogens with zero attached hydrogens (tertiary/aromatic N) is 3. The maximum atomic E-state index is 13.6. The van der Waals surface area contributed by atoms with Crippen molar-refractivity contribution in [1.29, 1.82) is 0 Å². The van der Waals surface area contributed by atoms with Gasteiger partial charge in [-0.3, -0.25) is 14.9 Å². The van der Waals surface area contributed by atoms with Crippen molar-refractivity contribution in [3.63, 3.8) is 0 Å². The molecule has 0 radical (unpaired) electrons. The molecule has 102 valence electrons. The van der Waals surface area contributed by atoms with Gasteiger partial charge in [0, 0.05) is 32.4 Å². The number of carbonyl (C=O) groups is 1. The first kappa shape index (κ1) is 14.6. The van der Waals surface area contributed by atoms with E-state index in [1.54, 1.807) is 0 Å². The molecule has 1 aromatic rings. The number of carbonyl (C=O) groups excluding carboxylic acids is 1. The molecular formula is C11H12FN3O4. The summed E-state index contributed by atoms with van der Waals surface area (Å²) in [6, 6.07) is 2.27. The second kappa shape index (κ2) is 5.89. The quantitative estimate of drug-likeness (QED) is 0.349. The third-order valence-electron chi connectivity index (χ3n) is 2.06. The normalized spacial score (nSPS) is 11.1. The standard InChI is InChI=1S/C11H12FN3O4/c1-14(2)6-7(12)11(16)10-8(15(17)18)4-5-9(13-10)19-3/h4-6H,1-3H3/b7-6-. The zero-order chi connectivity index (χ0) is 14.6. The van der Waals surface area contributed by atoms with Crippen LogP contribution in [0.2, 0.25) is 0 Å². The lowest BCUT2D eigenvalue weighted by atomic mass is 10.2. The number of aromatic nitrogens is 1. The van der Waals surface area contributed by atoms with Gasteiger partial charge in [0.15, 0.2) is 11.5 Å². The lowest BCUT2D eigenvalue weighted by Gasteiger charge is -2.06. The molecule has 0 aliphatic rings. The molecular weight excluding hydrogens is 257 g/mol. The number of allylic oxidation sites excluding steroid dienone is 1. The summed E-state index contributed by atoms with van der Waals surface area (Å²) in [7, 11) is 4.31. The van der Waals surface area contributed by atoms with Crippen LogP contribution in [-0.2, 0) is 0 Å². The molecule has 0 spiro atoms. The molecule has 0 saturated carbocycles. The number of hydrogen-bond donors (Lipinski definition) is 0. The van der Waals surface area contributed by atoms with Crippen LogP contribution >= 0.6 is 0 Å². The number of methoxy groups -OCH3 is 1. The summed E-state index contributed by atoms with van der Waals surface area (Å²) < 4.78 is 18.3. The van der Waals surface area contributed by atoms with Crippen LogP contribution in [0.4, 0.5) is 10.1 Å². The highest BCUT2D eigenvalue weighted by atomic mass is 19.1. The molecule has 1 aromatic heterocycles. The molecule has 0 aromatic carbocycles. The number of Topliss-reactive ketones (excluding diaryl/α,β-unsaturated/α-hetero) is 1. The van der Waals surface area contributed by atoms with Crippen molar-refractivity contribution >= 4 is 11.5 Å². The van der Waals surface area contributed by atoms with Crippen LogP contribution in [0.25, 0.3) is 0 Å². The maximum Gasteiger partial charge on any atom is 0.299 e. The maximum absolute atomic E-state index is 13.6. The minimum Gasteiger partial charge on any atom is -0.481 e. The fraction of sp³-hybridized carbons (Fsp3) is 0.273. The molecule has 0 saturated heterocycles. The first-order valence-corrected chi connectivity index (χ1v) is 5.14. The van der Waals surface area contributed by atoms with Gasteiger partial charge >= 0.3 is 0 Å². The molecule has 7 nitrogen and oxygen atoms in total. The molecule has 0 fully saturated rings. The molecule has 0 N–H and O–H groups in total. The SMILES string of the molecule is COc1ccc([N+](=O)[O-])c(C(=O)/C(F)=C/N(C)C)n1. The van der Waals surface area contributed by atoms with Crippen molar-refractivity contribution in [2.75, 3.05) is 21.2 Å². The second-order valence-electron chi connectivity index (χ2n) is 3.75. The van der Waals surface area contributed by atoms with Gasteiger partial charge in [0.25, 0.3) is 5.69 Å². The summed E-state index contributed by atoms with van der Waals surface area (Å²) >= 11 is 0. The summed E-state index contributed by atoms with van der Waals surface area (Å²) in [5, 5.41) is 10.8. The number of hydrogen-bond acceptors (Lipinski definition) is 6. The van der Waals surface area contributed by atoms with E-state index in [4.69, 9.17) is 4.74 Å².